The highest BCUT2D eigenvalue weighted by Crippen LogP contribution is 2.40. The Balaban J connectivity index is 0.883. The van der Waals surface area contributed by atoms with Gasteiger partial charge in [0.25, 0.3) is 0 Å². The summed E-state index contributed by atoms with van der Waals surface area (Å²) in [6, 6.07) is 78.1. The molecule has 0 unspecified atom stereocenters. The summed E-state index contributed by atoms with van der Waals surface area (Å²) in [5, 5.41) is 0. The smallest absolute Gasteiger partial charge is 0.0490 e. The zero-order valence-corrected chi connectivity index (χ0v) is 39.9. The van der Waals surface area contributed by atoms with E-state index in [0.717, 1.165) is 59.8 Å². The number of benzene rings is 9. The van der Waals surface area contributed by atoms with Crippen molar-refractivity contribution >= 4 is 51.2 Å². The van der Waals surface area contributed by atoms with E-state index in [-0.39, 0.29) is 0 Å². The molecule has 0 atom stereocenters. The standard InChI is InChI=1S/C64H61N3/c1-46-17-40-62(49(4)43-46)65(56-13-9-7-10-14-56)58-32-24-52(25-33-58)20-22-54-28-36-60(37-29-54)67(64-42-19-48(3)45-51(64)6)61-38-30-55(31-39-61)23-21-53-26-34-59(35-27-53)66(57-15-11-8-12-16-57)63-41-18-47(2)44-50(63)5/h7-19,24-45H,20-23H2,1-6H3. The molecule has 0 N–H and O–H groups in total. The number of aryl methyl sites for hydroxylation is 10. The molecule has 0 bridgehead atoms. The number of hydrogen-bond acceptors (Lipinski definition) is 3. The molecule has 332 valence electrons. The van der Waals surface area contributed by atoms with Gasteiger partial charge in [0, 0.05) is 51.2 Å². The number of para-hydroxylation sites is 2. The fourth-order valence-electron chi connectivity index (χ4n) is 9.43. The van der Waals surface area contributed by atoms with Crippen molar-refractivity contribution in [2.24, 2.45) is 0 Å². The predicted octanol–water partition coefficient (Wildman–Crippen LogP) is 17.5. The zero-order valence-electron chi connectivity index (χ0n) is 39.9. The first-order valence-corrected chi connectivity index (χ1v) is 23.7. The number of anilines is 9. The maximum absolute atomic E-state index is 2.41. The van der Waals surface area contributed by atoms with E-state index in [1.807, 2.05) is 0 Å². The molecule has 9 aromatic rings. The molecule has 67 heavy (non-hydrogen) atoms. The average Bonchev–Trinajstić information content (AvgIpc) is 3.35. The maximum atomic E-state index is 2.41. The largest absolute Gasteiger partial charge is 0.310 e. The molecule has 0 radical (unpaired) electrons. The lowest BCUT2D eigenvalue weighted by atomic mass is 10.0. The van der Waals surface area contributed by atoms with Crippen LogP contribution in [0.15, 0.2) is 212 Å². The van der Waals surface area contributed by atoms with Gasteiger partial charge in [-0.25, -0.2) is 0 Å². The Bertz CT molecular complexity index is 2860. The highest BCUT2D eigenvalue weighted by atomic mass is 15.2. The summed E-state index contributed by atoms with van der Waals surface area (Å²) in [5.74, 6) is 0. The maximum Gasteiger partial charge on any atom is 0.0490 e. The lowest BCUT2D eigenvalue weighted by molar-refractivity contribution is 0.958. The van der Waals surface area contributed by atoms with E-state index < -0.39 is 0 Å². The lowest BCUT2D eigenvalue weighted by Crippen LogP contribution is -2.12. The molecule has 3 heteroatoms. The van der Waals surface area contributed by atoms with Gasteiger partial charge in [0.1, 0.15) is 0 Å². The summed E-state index contributed by atoms with van der Waals surface area (Å²) in [5.41, 5.74) is 23.5. The van der Waals surface area contributed by atoms with Gasteiger partial charge in [-0.15, -0.1) is 0 Å². The van der Waals surface area contributed by atoms with E-state index in [2.05, 4.69) is 269 Å². The van der Waals surface area contributed by atoms with Crippen LogP contribution in [0, 0.1) is 41.5 Å². The van der Waals surface area contributed by atoms with Crippen molar-refractivity contribution < 1.29 is 0 Å². The van der Waals surface area contributed by atoms with Crippen LogP contribution in [0.3, 0.4) is 0 Å². The summed E-state index contributed by atoms with van der Waals surface area (Å²) < 4.78 is 0. The Morgan fingerprint density at radius 2 is 0.463 bits per heavy atom. The minimum absolute atomic E-state index is 0.970. The van der Waals surface area contributed by atoms with Crippen LogP contribution in [0.25, 0.3) is 0 Å². The summed E-state index contributed by atoms with van der Waals surface area (Å²) >= 11 is 0. The van der Waals surface area contributed by atoms with Crippen LogP contribution in [0.1, 0.15) is 55.6 Å². The van der Waals surface area contributed by atoms with Crippen molar-refractivity contribution in [3.63, 3.8) is 0 Å². The summed E-state index contributed by atoms with van der Waals surface area (Å²) in [4.78, 5) is 7.13. The van der Waals surface area contributed by atoms with Crippen LogP contribution in [0.5, 0.6) is 0 Å². The monoisotopic (exact) mass is 871 g/mol. The first kappa shape index (κ1) is 44.6. The van der Waals surface area contributed by atoms with Crippen molar-refractivity contribution in [2.45, 2.75) is 67.2 Å². The van der Waals surface area contributed by atoms with Gasteiger partial charge in [-0.1, -0.05) is 138 Å². The van der Waals surface area contributed by atoms with E-state index in [4.69, 9.17) is 0 Å². The highest BCUT2D eigenvalue weighted by molar-refractivity contribution is 5.81. The normalized spacial score (nSPS) is 11.1. The molecule has 0 saturated carbocycles. The number of rotatable bonds is 15. The fraction of sp³-hybridized carbons (Fsp3) is 0.156. The van der Waals surface area contributed by atoms with Gasteiger partial charge >= 0.3 is 0 Å². The molecule has 0 saturated heterocycles. The molecule has 0 aliphatic heterocycles. The first-order chi connectivity index (χ1) is 32.7. The van der Waals surface area contributed by atoms with E-state index in [0.29, 0.717) is 0 Å². The van der Waals surface area contributed by atoms with Crippen LogP contribution < -0.4 is 14.7 Å². The third-order valence-corrected chi connectivity index (χ3v) is 13.0. The molecule has 0 heterocycles. The van der Waals surface area contributed by atoms with Crippen LogP contribution in [0.4, 0.5) is 51.2 Å². The molecule has 9 rings (SSSR count). The topological polar surface area (TPSA) is 9.72 Å². The zero-order chi connectivity index (χ0) is 46.3. The molecular formula is C64H61N3. The first-order valence-electron chi connectivity index (χ1n) is 23.7. The number of hydrogen-bond donors (Lipinski definition) is 0. The quantitative estimate of drug-likeness (QED) is 0.102. The van der Waals surface area contributed by atoms with Gasteiger partial charge in [0.2, 0.25) is 0 Å². The molecular weight excluding hydrogens is 811 g/mol. The molecule has 0 spiro atoms. The second-order valence-corrected chi connectivity index (χ2v) is 18.2. The molecule has 9 aromatic carbocycles. The Hall–Kier alpha value is -7.62. The van der Waals surface area contributed by atoms with E-state index in [1.54, 1.807) is 0 Å². The van der Waals surface area contributed by atoms with Crippen LogP contribution in [-0.4, -0.2) is 0 Å². The lowest BCUT2D eigenvalue weighted by Gasteiger charge is -2.28. The van der Waals surface area contributed by atoms with Gasteiger partial charge < -0.3 is 14.7 Å². The van der Waals surface area contributed by atoms with Gasteiger partial charge in [-0.2, -0.15) is 0 Å². The van der Waals surface area contributed by atoms with Gasteiger partial charge in [-0.3, -0.25) is 0 Å². The van der Waals surface area contributed by atoms with Gasteiger partial charge in [-0.05, 0) is 197 Å². The van der Waals surface area contributed by atoms with Crippen LogP contribution in [-0.2, 0) is 25.7 Å². The Morgan fingerprint density at radius 1 is 0.239 bits per heavy atom. The second kappa shape index (κ2) is 20.3. The van der Waals surface area contributed by atoms with Crippen LogP contribution in [0.2, 0.25) is 0 Å². The van der Waals surface area contributed by atoms with Crippen molar-refractivity contribution in [3.05, 3.63) is 268 Å². The Kier molecular flexibility index (Phi) is 13.5. The average molecular weight is 872 g/mol. The van der Waals surface area contributed by atoms with Crippen molar-refractivity contribution in [2.75, 3.05) is 14.7 Å². The van der Waals surface area contributed by atoms with E-state index in [9.17, 15) is 0 Å². The predicted molar refractivity (Wildman–Crippen MR) is 287 cm³/mol. The van der Waals surface area contributed by atoms with Crippen molar-refractivity contribution in [1.82, 2.24) is 0 Å². The van der Waals surface area contributed by atoms with Crippen molar-refractivity contribution in [1.29, 1.82) is 0 Å². The Labute approximate surface area is 399 Å². The minimum Gasteiger partial charge on any atom is -0.310 e. The minimum atomic E-state index is 0.970. The number of nitrogens with zero attached hydrogens (tertiary/aromatic N) is 3. The molecule has 0 aliphatic rings. The molecule has 0 amide bonds. The molecule has 0 aliphatic carbocycles. The summed E-state index contributed by atoms with van der Waals surface area (Å²) in [6.45, 7) is 13.1. The SMILES string of the molecule is Cc1ccc(N(c2ccccc2)c2ccc(CCc3ccc(N(c4ccc(CCc5ccc(N(c6ccccc6)c6ccc(C)cc6C)cc5)cc4)c4ccc(C)cc4C)cc3)cc2)c(C)c1. The molecule has 0 fully saturated rings. The summed E-state index contributed by atoms with van der Waals surface area (Å²) in [7, 11) is 0. The van der Waals surface area contributed by atoms with Crippen molar-refractivity contribution in [3.8, 4) is 0 Å². The van der Waals surface area contributed by atoms with E-state index in [1.165, 1.54) is 72.7 Å². The molecule has 0 aromatic heterocycles. The third kappa shape index (κ3) is 10.4. The van der Waals surface area contributed by atoms with Crippen LogP contribution >= 0.6 is 0 Å². The highest BCUT2D eigenvalue weighted by Gasteiger charge is 2.18. The van der Waals surface area contributed by atoms with E-state index >= 15 is 0 Å². The molecule has 3 nitrogen and oxygen atoms in total. The van der Waals surface area contributed by atoms with Gasteiger partial charge in [0.05, 0.1) is 0 Å². The summed E-state index contributed by atoms with van der Waals surface area (Å²) in [6.07, 6.45) is 3.88. The van der Waals surface area contributed by atoms with Gasteiger partial charge in [0.15, 0.2) is 0 Å². The Morgan fingerprint density at radius 3 is 0.687 bits per heavy atom. The third-order valence-electron chi connectivity index (χ3n) is 13.0. The fourth-order valence-corrected chi connectivity index (χ4v) is 9.43. The second-order valence-electron chi connectivity index (χ2n) is 18.2.